The molecule has 1 heterocycles. The van der Waals surface area contributed by atoms with Crippen LogP contribution in [0.15, 0.2) is 6.07 Å². The minimum Gasteiger partial charge on any atom is -0.466 e. The molecule has 7 heteroatoms. The highest BCUT2D eigenvalue weighted by molar-refractivity contribution is 6.33. The lowest BCUT2D eigenvalue weighted by atomic mass is 10.1. The molecule has 0 aliphatic heterocycles. The second-order valence-electron chi connectivity index (χ2n) is 3.09. The van der Waals surface area contributed by atoms with Crippen molar-refractivity contribution in [3.05, 3.63) is 27.5 Å². The lowest BCUT2D eigenvalue weighted by Gasteiger charge is -2.10. The quantitative estimate of drug-likeness (QED) is 0.628. The number of halogens is 4. The predicted octanol–water partition coefficient (Wildman–Crippen LogP) is 3.43. The van der Waals surface area contributed by atoms with E-state index in [-0.39, 0.29) is 28.9 Å². The number of pyridine rings is 1. The number of carbonyl (C=O) groups is 1. The Kier molecular flexibility index (Phi) is 5.08. The molecule has 0 spiro atoms. The summed E-state index contributed by atoms with van der Waals surface area (Å²) in [5, 5.41) is -0.348. The van der Waals surface area contributed by atoms with Crippen molar-refractivity contribution in [1.82, 2.24) is 4.98 Å². The molecule has 0 aromatic carbocycles. The van der Waals surface area contributed by atoms with Crippen molar-refractivity contribution < 1.29 is 18.3 Å². The Bertz CT molecular complexity index is 427. The van der Waals surface area contributed by atoms with E-state index >= 15 is 0 Å². The maximum atomic E-state index is 12.7. The van der Waals surface area contributed by atoms with Crippen molar-refractivity contribution in [2.45, 2.75) is 19.8 Å². The van der Waals surface area contributed by atoms with Crippen molar-refractivity contribution in [3.63, 3.8) is 0 Å². The van der Waals surface area contributed by atoms with E-state index in [1.807, 2.05) is 0 Å². The number of hydrogen-bond acceptors (Lipinski definition) is 3. The van der Waals surface area contributed by atoms with Gasteiger partial charge >= 0.3 is 5.97 Å². The summed E-state index contributed by atoms with van der Waals surface area (Å²) in [6.07, 6.45) is -3.13. The van der Waals surface area contributed by atoms with Gasteiger partial charge in [0.25, 0.3) is 6.43 Å². The van der Waals surface area contributed by atoms with Crippen LogP contribution in [0, 0.1) is 0 Å². The van der Waals surface area contributed by atoms with Gasteiger partial charge in [0.05, 0.1) is 13.0 Å². The van der Waals surface area contributed by atoms with Gasteiger partial charge in [0.1, 0.15) is 10.3 Å². The molecule has 0 amide bonds. The third-order valence-electron chi connectivity index (χ3n) is 1.94. The van der Waals surface area contributed by atoms with E-state index in [4.69, 9.17) is 23.2 Å². The Morgan fingerprint density at radius 2 is 2.18 bits per heavy atom. The molecule has 0 atom stereocenters. The van der Waals surface area contributed by atoms with Crippen LogP contribution < -0.4 is 0 Å². The van der Waals surface area contributed by atoms with Gasteiger partial charge in [-0.2, -0.15) is 0 Å². The van der Waals surface area contributed by atoms with Gasteiger partial charge in [-0.05, 0) is 13.0 Å². The fourth-order valence-corrected chi connectivity index (χ4v) is 1.77. The molecule has 1 aromatic heterocycles. The lowest BCUT2D eigenvalue weighted by molar-refractivity contribution is -0.142. The van der Waals surface area contributed by atoms with Gasteiger partial charge in [-0.25, -0.2) is 13.8 Å². The smallest absolute Gasteiger partial charge is 0.310 e. The Morgan fingerprint density at radius 1 is 1.53 bits per heavy atom. The number of ether oxygens (including phenoxy) is 1. The van der Waals surface area contributed by atoms with E-state index in [1.165, 1.54) is 0 Å². The molecule has 0 unspecified atom stereocenters. The molecular formula is C10H9Cl2F2NO2. The van der Waals surface area contributed by atoms with Crippen LogP contribution in [0.3, 0.4) is 0 Å². The first-order valence-corrected chi connectivity index (χ1v) is 5.49. The van der Waals surface area contributed by atoms with Crippen LogP contribution in [0.5, 0.6) is 0 Å². The highest BCUT2D eigenvalue weighted by Crippen LogP contribution is 2.30. The van der Waals surface area contributed by atoms with Gasteiger partial charge in [0.15, 0.2) is 0 Å². The van der Waals surface area contributed by atoms with Crippen molar-refractivity contribution >= 4 is 29.2 Å². The van der Waals surface area contributed by atoms with Gasteiger partial charge in [-0.15, -0.1) is 0 Å². The van der Waals surface area contributed by atoms with Crippen molar-refractivity contribution in [1.29, 1.82) is 0 Å². The standard InChI is InChI=1S/C10H9Cl2F2NO2/c1-2-17-8(16)4-5-6(10(13)14)3-7(11)15-9(5)12/h3,10H,2,4H2,1H3. The van der Waals surface area contributed by atoms with Crippen molar-refractivity contribution in [2.24, 2.45) is 0 Å². The molecule has 17 heavy (non-hydrogen) atoms. The fraction of sp³-hybridized carbons (Fsp3) is 0.400. The number of alkyl halides is 2. The summed E-state index contributed by atoms with van der Waals surface area (Å²) in [5.41, 5.74) is -0.451. The van der Waals surface area contributed by atoms with Gasteiger partial charge in [0.2, 0.25) is 0 Å². The molecule has 0 fully saturated rings. The first-order valence-electron chi connectivity index (χ1n) is 4.74. The average molecular weight is 284 g/mol. The zero-order chi connectivity index (χ0) is 13.0. The van der Waals surface area contributed by atoms with E-state index in [0.717, 1.165) is 6.07 Å². The minimum absolute atomic E-state index is 0.0514. The van der Waals surface area contributed by atoms with Crippen LogP contribution in [0.2, 0.25) is 10.3 Å². The number of carbonyl (C=O) groups excluding carboxylic acids is 1. The summed E-state index contributed by atoms with van der Waals surface area (Å²) in [6, 6.07) is 0.993. The molecule has 0 radical (unpaired) electrons. The summed E-state index contributed by atoms with van der Waals surface area (Å²) in [6.45, 7) is 1.79. The topological polar surface area (TPSA) is 39.2 Å². The summed E-state index contributed by atoms with van der Waals surface area (Å²) < 4.78 is 30.1. The monoisotopic (exact) mass is 283 g/mol. The molecule has 1 aromatic rings. The van der Waals surface area contributed by atoms with Crippen LogP contribution in [0.25, 0.3) is 0 Å². The predicted molar refractivity (Wildman–Crippen MR) is 59.6 cm³/mol. The molecule has 0 aliphatic rings. The number of aromatic nitrogens is 1. The van der Waals surface area contributed by atoms with Crippen LogP contribution >= 0.6 is 23.2 Å². The number of nitrogens with zero attached hydrogens (tertiary/aromatic N) is 1. The number of rotatable bonds is 4. The zero-order valence-corrected chi connectivity index (χ0v) is 10.4. The van der Waals surface area contributed by atoms with E-state index in [1.54, 1.807) is 6.92 Å². The second kappa shape index (κ2) is 6.12. The molecule has 3 nitrogen and oxygen atoms in total. The molecular weight excluding hydrogens is 275 g/mol. The average Bonchev–Trinajstić information content (AvgIpc) is 2.21. The molecule has 1 rings (SSSR count). The third kappa shape index (κ3) is 3.78. The molecule has 94 valence electrons. The fourth-order valence-electron chi connectivity index (χ4n) is 1.25. The highest BCUT2D eigenvalue weighted by Gasteiger charge is 2.20. The Labute approximate surface area is 107 Å². The van der Waals surface area contributed by atoms with E-state index in [0.29, 0.717) is 0 Å². The van der Waals surface area contributed by atoms with Crippen LogP contribution in [0.1, 0.15) is 24.5 Å². The van der Waals surface area contributed by atoms with Gasteiger partial charge in [-0.1, -0.05) is 23.2 Å². The maximum absolute atomic E-state index is 12.7. The van der Waals surface area contributed by atoms with Gasteiger partial charge in [-0.3, -0.25) is 4.79 Å². The van der Waals surface area contributed by atoms with Crippen LogP contribution in [-0.4, -0.2) is 17.6 Å². The summed E-state index contributed by atoms with van der Waals surface area (Å²) >= 11 is 11.2. The summed E-state index contributed by atoms with van der Waals surface area (Å²) in [7, 11) is 0. The number of esters is 1. The molecule has 0 bridgehead atoms. The van der Waals surface area contributed by atoms with E-state index in [2.05, 4.69) is 9.72 Å². The summed E-state index contributed by atoms with van der Waals surface area (Å²) in [4.78, 5) is 14.9. The maximum Gasteiger partial charge on any atom is 0.310 e. The van der Waals surface area contributed by atoms with Gasteiger partial charge in [0, 0.05) is 11.1 Å². The summed E-state index contributed by atoms with van der Waals surface area (Å²) in [5.74, 6) is -0.638. The third-order valence-corrected chi connectivity index (χ3v) is 2.44. The Hall–Kier alpha value is -0.940. The highest BCUT2D eigenvalue weighted by atomic mass is 35.5. The SMILES string of the molecule is CCOC(=O)Cc1c(C(F)F)cc(Cl)nc1Cl. The van der Waals surface area contributed by atoms with E-state index < -0.39 is 18.0 Å². The lowest BCUT2D eigenvalue weighted by Crippen LogP contribution is -2.10. The van der Waals surface area contributed by atoms with Crippen molar-refractivity contribution in [3.8, 4) is 0 Å². The minimum atomic E-state index is -2.78. The van der Waals surface area contributed by atoms with Crippen LogP contribution in [0.4, 0.5) is 8.78 Å². The molecule has 0 saturated heterocycles. The first-order chi connectivity index (χ1) is 7.95. The van der Waals surface area contributed by atoms with E-state index in [9.17, 15) is 13.6 Å². The normalized spacial score (nSPS) is 10.7. The van der Waals surface area contributed by atoms with Gasteiger partial charge < -0.3 is 4.74 Å². The molecule has 0 aliphatic carbocycles. The number of hydrogen-bond donors (Lipinski definition) is 0. The largest absolute Gasteiger partial charge is 0.466 e. The second-order valence-corrected chi connectivity index (χ2v) is 3.83. The molecule has 0 saturated carbocycles. The zero-order valence-electron chi connectivity index (χ0n) is 8.84. The van der Waals surface area contributed by atoms with Crippen LogP contribution in [-0.2, 0) is 16.0 Å². The Morgan fingerprint density at radius 3 is 2.71 bits per heavy atom. The molecule has 0 N–H and O–H groups in total. The Balaban J connectivity index is 3.08. The van der Waals surface area contributed by atoms with Crippen molar-refractivity contribution in [2.75, 3.05) is 6.61 Å². The first kappa shape index (κ1) is 14.1.